The number of esters is 1. The van der Waals surface area contributed by atoms with Crippen molar-refractivity contribution in [3.63, 3.8) is 0 Å². The Kier molecular flexibility index (Phi) is 9.07. The Hall–Kier alpha value is -0.500. The van der Waals surface area contributed by atoms with Crippen molar-refractivity contribution in [3.8, 4) is 6.07 Å². The second-order valence-corrected chi connectivity index (χ2v) is 1.49. The topological polar surface area (TPSA) is 70.3 Å². The van der Waals surface area contributed by atoms with Gasteiger partial charge in [0.2, 0.25) is 0 Å². The molecule has 0 radical (unpaired) electrons. The van der Waals surface area contributed by atoms with Gasteiger partial charge in [0.05, 0.1) is 12.5 Å². The van der Waals surface area contributed by atoms with Gasteiger partial charge < -0.3 is 11.3 Å². The first-order valence-corrected chi connectivity index (χ1v) is 2.60. The molecular weight excluding hydrogens is 157 g/mol. The summed E-state index contributed by atoms with van der Waals surface area (Å²) in [5.74, 6) is -1.52. The van der Waals surface area contributed by atoms with Crippen molar-refractivity contribution in [1.82, 2.24) is 0 Å². The van der Waals surface area contributed by atoms with Gasteiger partial charge in [0.25, 0.3) is 0 Å². The van der Waals surface area contributed by atoms with E-state index in [4.69, 9.17) is 10.4 Å². The number of aliphatic hydroxyl groups is 1. The van der Waals surface area contributed by atoms with E-state index < -0.39 is 11.7 Å². The average Bonchev–Trinajstić information content (AvgIpc) is 1.88. The number of rotatable bonds is 3. The van der Waals surface area contributed by atoms with E-state index in [1.165, 1.54) is 0 Å². The molecule has 0 aromatic heterocycles. The number of hydrogen-bond acceptors (Lipinski definition) is 4. The first-order valence-electron chi connectivity index (χ1n) is 2.60. The maximum atomic E-state index is 10.3. The SMILES string of the molecule is C=C(O)C(=O)OCCC#N.[H-].[Na+]. The number of carbonyl (C=O) groups excluding carboxylic acids is 1. The molecule has 5 heteroatoms. The molecule has 0 aromatic carbocycles. The standard InChI is InChI=1S/C6H7NO3.Na.H/c1-5(8)6(9)10-4-2-3-7;;/h8H,1-2,4H2;;/q;+1;-1. The third-order valence-corrected chi connectivity index (χ3v) is 0.683. The Morgan fingerprint density at radius 3 is 2.73 bits per heavy atom. The molecule has 0 aromatic rings. The van der Waals surface area contributed by atoms with Crippen LogP contribution < -0.4 is 29.6 Å². The number of nitrogens with zero attached hydrogens (tertiary/aromatic N) is 1. The van der Waals surface area contributed by atoms with E-state index in [9.17, 15) is 4.79 Å². The molecule has 4 nitrogen and oxygen atoms in total. The monoisotopic (exact) mass is 165 g/mol. The van der Waals surface area contributed by atoms with Crippen LogP contribution in [0.5, 0.6) is 0 Å². The number of carbonyl (C=O) groups is 1. The predicted octanol–water partition coefficient (Wildman–Crippen LogP) is -2.37. The van der Waals surface area contributed by atoms with Gasteiger partial charge in [-0.05, 0) is 6.58 Å². The summed E-state index contributed by atoms with van der Waals surface area (Å²) in [6, 6.07) is 1.77. The molecule has 1 N–H and O–H groups in total. The molecule has 0 spiro atoms. The van der Waals surface area contributed by atoms with Crippen LogP contribution in [0.25, 0.3) is 0 Å². The summed E-state index contributed by atoms with van der Waals surface area (Å²) in [7, 11) is 0. The zero-order valence-corrected chi connectivity index (χ0v) is 8.33. The maximum absolute atomic E-state index is 10.3. The van der Waals surface area contributed by atoms with Crippen LogP contribution in [-0.2, 0) is 9.53 Å². The summed E-state index contributed by atoms with van der Waals surface area (Å²) in [5.41, 5.74) is 0. The van der Waals surface area contributed by atoms with E-state index in [0.717, 1.165) is 0 Å². The van der Waals surface area contributed by atoms with Gasteiger partial charge in [-0.15, -0.1) is 0 Å². The van der Waals surface area contributed by atoms with Gasteiger partial charge >= 0.3 is 35.5 Å². The van der Waals surface area contributed by atoms with Crippen molar-refractivity contribution >= 4 is 5.97 Å². The molecule has 11 heavy (non-hydrogen) atoms. The fraction of sp³-hybridized carbons (Fsp3) is 0.333. The Morgan fingerprint density at radius 2 is 2.36 bits per heavy atom. The largest absolute Gasteiger partial charge is 1.00 e. The quantitative estimate of drug-likeness (QED) is 0.167. The molecule has 0 unspecified atom stereocenters. The summed E-state index contributed by atoms with van der Waals surface area (Å²) in [6.07, 6.45) is 0.124. The predicted molar refractivity (Wildman–Crippen MR) is 34.1 cm³/mol. The summed E-state index contributed by atoms with van der Waals surface area (Å²) in [6.45, 7) is 2.93. The van der Waals surface area contributed by atoms with E-state index in [1.54, 1.807) is 6.07 Å². The molecule has 0 bridgehead atoms. The minimum atomic E-state index is -0.879. The molecule has 0 aliphatic rings. The van der Waals surface area contributed by atoms with Crippen LogP contribution in [0.15, 0.2) is 12.3 Å². The van der Waals surface area contributed by atoms with Crippen molar-refractivity contribution in [3.05, 3.63) is 12.3 Å². The van der Waals surface area contributed by atoms with Crippen molar-refractivity contribution in [1.29, 1.82) is 5.26 Å². The van der Waals surface area contributed by atoms with E-state index in [-0.39, 0.29) is 44.0 Å². The fourth-order valence-corrected chi connectivity index (χ4v) is 0.273. The summed E-state index contributed by atoms with van der Waals surface area (Å²) >= 11 is 0. The van der Waals surface area contributed by atoms with Crippen molar-refractivity contribution in [2.24, 2.45) is 0 Å². The maximum Gasteiger partial charge on any atom is 1.00 e. The smallest absolute Gasteiger partial charge is 1.00 e. The van der Waals surface area contributed by atoms with Crippen LogP contribution >= 0.6 is 0 Å². The van der Waals surface area contributed by atoms with E-state index in [0.29, 0.717) is 0 Å². The molecule has 0 saturated carbocycles. The Bertz CT molecular complexity index is 190. The van der Waals surface area contributed by atoms with Crippen LogP contribution in [0.1, 0.15) is 7.85 Å². The van der Waals surface area contributed by atoms with Crippen molar-refractivity contribution in [2.75, 3.05) is 6.61 Å². The van der Waals surface area contributed by atoms with E-state index >= 15 is 0 Å². The van der Waals surface area contributed by atoms with Gasteiger partial charge in [-0.1, -0.05) is 0 Å². The van der Waals surface area contributed by atoms with Gasteiger partial charge in [0, 0.05) is 0 Å². The first kappa shape index (κ1) is 13.1. The number of nitriles is 1. The molecule has 0 saturated heterocycles. The Morgan fingerprint density at radius 1 is 1.82 bits per heavy atom. The van der Waals surface area contributed by atoms with Crippen LogP contribution in [-0.4, -0.2) is 17.7 Å². The average molecular weight is 165 g/mol. The zero-order chi connectivity index (χ0) is 7.98. The summed E-state index contributed by atoms with van der Waals surface area (Å²) in [4.78, 5) is 10.3. The van der Waals surface area contributed by atoms with Crippen LogP contribution in [0, 0.1) is 11.3 Å². The minimum Gasteiger partial charge on any atom is -1.00 e. The zero-order valence-electron chi connectivity index (χ0n) is 7.33. The van der Waals surface area contributed by atoms with Gasteiger partial charge in [-0.3, -0.25) is 0 Å². The van der Waals surface area contributed by atoms with E-state index in [2.05, 4.69) is 11.3 Å². The normalized spacial score (nSPS) is 7.18. The van der Waals surface area contributed by atoms with Crippen LogP contribution in [0.2, 0.25) is 0 Å². The van der Waals surface area contributed by atoms with Gasteiger partial charge in [0.15, 0.2) is 5.76 Å². The van der Waals surface area contributed by atoms with Crippen molar-refractivity contribution < 1.29 is 45.6 Å². The number of hydrogen-bond donors (Lipinski definition) is 1. The minimum absolute atomic E-state index is 0. The molecule has 56 valence electrons. The Balaban J connectivity index is -0.000000405. The van der Waals surface area contributed by atoms with E-state index in [1.807, 2.05) is 0 Å². The van der Waals surface area contributed by atoms with Crippen molar-refractivity contribution in [2.45, 2.75) is 6.42 Å². The molecular formula is C6H8NNaO3. The number of ether oxygens (including phenoxy) is 1. The van der Waals surface area contributed by atoms with Gasteiger partial charge in [-0.2, -0.15) is 5.26 Å². The summed E-state index contributed by atoms with van der Waals surface area (Å²) in [5, 5.41) is 16.4. The molecule has 0 rings (SSSR count). The Labute approximate surface area is 88.2 Å². The molecule has 0 atom stereocenters. The van der Waals surface area contributed by atoms with Crippen LogP contribution in [0.3, 0.4) is 0 Å². The molecule has 0 heterocycles. The molecule has 0 aliphatic carbocycles. The second-order valence-electron chi connectivity index (χ2n) is 1.49. The summed E-state index contributed by atoms with van der Waals surface area (Å²) < 4.78 is 4.33. The number of aliphatic hydroxyl groups excluding tert-OH is 1. The van der Waals surface area contributed by atoms with Gasteiger partial charge in [0.1, 0.15) is 6.61 Å². The third kappa shape index (κ3) is 7.40. The van der Waals surface area contributed by atoms with Gasteiger partial charge in [-0.25, -0.2) is 4.79 Å². The fourth-order valence-electron chi connectivity index (χ4n) is 0.273. The second kappa shape index (κ2) is 7.61. The molecule has 0 aliphatic heterocycles. The third-order valence-electron chi connectivity index (χ3n) is 0.683. The van der Waals surface area contributed by atoms with Crippen LogP contribution in [0.4, 0.5) is 0 Å². The molecule has 0 amide bonds. The molecule has 0 fully saturated rings. The first-order chi connectivity index (χ1) is 4.68.